The van der Waals surface area contributed by atoms with Crippen molar-refractivity contribution in [2.75, 3.05) is 26.7 Å². The quantitative estimate of drug-likeness (QED) is 0.385. The minimum atomic E-state index is -1.03. The molecule has 1 heterocycles. The Balaban J connectivity index is 2.03. The molecule has 1 saturated heterocycles. The van der Waals surface area contributed by atoms with E-state index in [9.17, 15) is 9.59 Å². The van der Waals surface area contributed by atoms with Gasteiger partial charge in [-0.1, -0.05) is 57.5 Å². The summed E-state index contributed by atoms with van der Waals surface area (Å²) in [7, 11) is 0. The fraction of sp³-hybridized carbons (Fsp3) is 0.680. The van der Waals surface area contributed by atoms with Gasteiger partial charge in [0.05, 0.1) is 0 Å². The van der Waals surface area contributed by atoms with Crippen molar-refractivity contribution >= 4 is 11.9 Å². The number of aryl methyl sites for hydroxylation is 1. The molecule has 1 aliphatic rings. The van der Waals surface area contributed by atoms with Gasteiger partial charge in [-0.05, 0) is 50.0 Å². The number of carbonyl (C=O) groups excluding carboxylic acids is 2. The van der Waals surface area contributed by atoms with Gasteiger partial charge in [0.2, 0.25) is 5.91 Å². The minimum Gasteiger partial charge on any atom is -0.371 e. The molecule has 3 N–H and O–H groups in total. The maximum Gasteiger partial charge on any atom is 0.317 e. The first-order valence-electron chi connectivity index (χ1n) is 11.6. The van der Waals surface area contributed by atoms with Crippen molar-refractivity contribution in [3.05, 3.63) is 35.4 Å². The van der Waals surface area contributed by atoms with E-state index in [1.54, 1.807) is 13.8 Å². The predicted octanol–water partition coefficient (Wildman–Crippen LogP) is 3.34. The van der Waals surface area contributed by atoms with Crippen LogP contribution in [0.2, 0.25) is 0 Å². The maximum atomic E-state index is 13.4. The van der Waals surface area contributed by atoms with Gasteiger partial charge in [0.15, 0.2) is 6.79 Å². The zero-order valence-electron chi connectivity index (χ0n) is 21.1. The molecule has 1 aliphatic heterocycles. The lowest BCUT2D eigenvalue weighted by Gasteiger charge is -2.46. The molecule has 2 unspecified atom stereocenters. The van der Waals surface area contributed by atoms with Gasteiger partial charge in [0.1, 0.15) is 18.6 Å². The first-order chi connectivity index (χ1) is 15.4. The van der Waals surface area contributed by atoms with Crippen molar-refractivity contribution in [1.82, 2.24) is 15.5 Å². The maximum absolute atomic E-state index is 13.4. The van der Waals surface area contributed by atoms with E-state index in [-0.39, 0.29) is 24.0 Å². The van der Waals surface area contributed by atoms with Crippen LogP contribution < -0.4 is 10.6 Å². The van der Waals surface area contributed by atoms with E-state index in [2.05, 4.69) is 55.7 Å². The molecule has 1 aromatic rings. The van der Waals surface area contributed by atoms with Crippen molar-refractivity contribution in [2.24, 2.45) is 11.3 Å². The van der Waals surface area contributed by atoms with E-state index in [0.717, 1.165) is 6.42 Å². The van der Waals surface area contributed by atoms with Gasteiger partial charge >= 0.3 is 6.03 Å². The lowest BCUT2D eigenvalue weighted by molar-refractivity contribution is -0.164. The second-order valence-corrected chi connectivity index (χ2v) is 10.4. The minimum absolute atomic E-state index is 0.0714. The number of nitrogens with zero attached hydrogens (tertiary/aromatic N) is 1. The number of aliphatic hydroxyl groups excluding tert-OH is 1. The number of ether oxygens (including phenoxy) is 2. The second-order valence-electron chi connectivity index (χ2n) is 10.4. The highest BCUT2D eigenvalue weighted by Crippen LogP contribution is 2.42. The molecule has 8 heteroatoms. The smallest absolute Gasteiger partial charge is 0.317 e. The van der Waals surface area contributed by atoms with Gasteiger partial charge in [-0.25, -0.2) is 4.79 Å². The Morgan fingerprint density at radius 2 is 1.88 bits per heavy atom. The van der Waals surface area contributed by atoms with E-state index in [4.69, 9.17) is 14.6 Å². The summed E-state index contributed by atoms with van der Waals surface area (Å²) in [5.74, 6) is 0.218. The van der Waals surface area contributed by atoms with Crippen LogP contribution in [0.15, 0.2) is 24.3 Å². The molecule has 8 nitrogen and oxygen atoms in total. The molecule has 3 amide bonds. The summed E-state index contributed by atoms with van der Waals surface area (Å²) in [6.07, 6.45) is 0.880. The zero-order valence-corrected chi connectivity index (χ0v) is 21.1. The summed E-state index contributed by atoms with van der Waals surface area (Å²) >= 11 is 0. The molecule has 0 spiro atoms. The van der Waals surface area contributed by atoms with E-state index in [1.165, 1.54) is 11.1 Å². The Bertz CT molecular complexity index is 792. The molecule has 0 saturated carbocycles. The summed E-state index contributed by atoms with van der Waals surface area (Å²) in [6.45, 7) is 14.3. The Hall–Kier alpha value is -2.16. The number of carbonyl (C=O) groups is 2. The van der Waals surface area contributed by atoms with Gasteiger partial charge in [0, 0.05) is 13.1 Å². The van der Waals surface area contributed by atoms with Crippen LogP contribution in [-0.2, 0) is 14.3 Å². The normalized spacial score (nSPS) is 19.3. The number of likely N-dealkylation sites (tertiary alicyclic amines) is 1. The van der Waals surface area contributed by atoms with E-state index < -0.39 is 24.6 Å². The van der Waals surface area contributed by atoms with Crippen LogP contribution in [0.5, 0.6) is 0 Å². The van der Waals surface area contributed by atoms with Crippen LogP contribution in [0.3, 0.4) is 0 Å². The molecule has 33 heavy (non-hydrogen) atoms. The van der Waals surface area contributed by atoms with Crippen molar-refractivity contribution in [3.8, 4) is 0 Å². The highest BCUT2D eigenvalue weighted by molar-refractivity contribution is 5.87. The van der Waals surface area contributed by atoms with Crippen LogP contribution in [0.4, 0.5) is 4.79 Å². The Morgan fingerprint density at radius 3 is 2.42 bits per heavy atom. The topological polar surface area (TPSA) is 100 Å². The summed E-state index contributed by atoms with van der Waals surface area (Å²) < 4.78 is 10.2. The van der Waals surface area contributed by atoms with E-state index >= 15 is 0 Å². The summed E-state index contributed by atoms with van der Waals surface area (Å²) in [4.78, 5) is 27.9. The van der Waals surface area contributed by atoms with E-state index in [1.807, 2.05) is 18.7 Å². The second kappa shape index (κ2) is 11.3. The van der Waals surface area contributed by atoms with Crippen molar-refractivity contribution in [1.29, 1.82) is 0 Å². The van der Waals surface area contributed by atoms with Gasteiger partial charge in [-0.2, -0.15) is 0 Å². The third-order valence-electron chi connectivity index (χ3n) is 6.25. The average Bonchev–Trinajstić information content (AvgIpc) is 2.71. The van der Waals surface area contributed by atoms with Crippen LogP contribution in [0.1, 0.15) is 65.0 Å². The highest BCUT2D eigenvalue weighted by atomic mass is 16.7. The summed E-state index contributed by atoms with van der Waals surface area (Å²) in [6, 6.07) is 7.52. The lowest BCUT2D eigenvalue weighted by Crippen LogP contribution is -2.59. The number of amides is 3. The number of nitrogens with one attached hydrogen (secondary N) is 2. The van der Waals surface area contributed by atoms with Crippen molar-refractivity contribution in [3.63, 3.8) is 0 Å². The number of benzene rings is 1. The lowest BCUT2D eigenvalue weighted by atomic mass is 9.70. The average molecular weight is 464 g/mol. The predicted molar refractivity (Wildman–Crippen MR) is 127 cm³/mol. The van der Waals surface area contributed by atoms with Gasteiger partial charge in [0.25, 0.3) is 0 Å². The zero-order chi connectivity index (χ0) is 24.8. The first-order valence-corrected chi connectivity index (χ1v) is 11.6. The SMILES string of the molecule is Cc1ccc(C2CCN(C(=O)C(NC(=O)NC(C)(C)OCOCO)C(C)C)CC2(C)C)cc1. The van der Waals surface area contributed by atoms with E-state index in [0.29, 0.717) is 19.0 Å². The molecule has 0 aromatic heterocycles. The van der Waals surface area contributed by atoms with Crippen molar-refractivity contribution in [2.45, 2.75) is 72.6 Å². The van der Waals surface area contributed by atoms with Gasteiger partial charge in [-0.3, -0.25) is 4.79 Å². The Labute approximate surface area is 198 Å². The molecule has 0 radical (unpaired) electrons. The number of piperidine rings is 1. The largest absolute Gasteiger partial charge is 0.371 e. The fourth-order valence-corrected chi connectivity index (χ4v) is 4.38. The summed E-state index contributed by atoms with van der Waals surface area (Å²) in [5.41, 5.74) is 1.43. The number of aliphatic hydroxyl groups is 1. The third-order valence-corrected chi connectivity index (χ3v) is 6.25. The standard InChI is InChI=1S/C25H41N3O5/c1-17(2)21(26-23(31)27-25(6,7)33-16-32-15-29)22(30)28-13-12-20(24(4,5)14-28)19-10-8-18(3)9-11-19/h8-11,17,20-21,29H,12-16H2,1-7H3,(H2,26,27,31). The molecule has 1 aromatic carbocycles. The number of rotatable bonds is 9. The summed E-state index contributed by atoms with van der Waals surface area (Å²) in [5, 5.41) is 14.2. The van der Waals surface area contributed by atoms with Crippen LogP contribution >= 0.6 is 0 Å². The molecule has 0 aliphatic carbocycles. The van der Waals surface area contributed by atoms with Crippen LogP contribution in [0.25, 0.3) is 0 Å². The number of urea groups is 1. The van der Waals surface area contributed by atoms with Gasteiger partial charge in [-0.15, -0.1) is 0 Å². The molecule has 0 bridgehead atoms. The van der Waals surface area contributed by atoms with Crippen molar-refractivity contribution < 1.29 is 24.2 Å². The van der Waals surface area contributed by atoms with Gasteiger partial charge < -0.3 is 30.1 Å². The highest BCUT2D eigenvalue weighted by Gasteiger charge is 2.40. The number of hydrogen-bond donors (Lipinski definition) is 3. The third kappa shape index (κ3) is 7.69. The Morgan fingerprint density at radius 1 is 1.24 bits per heavy atom. The van der Waals surface area contributed by atoms with Crippen LogP contribution in [-0.4, -0.2) is 60.4 Å². The molecule has 1 fully saturated rings. The number of hydrogen-bond acceptors (Lipinski definition) is 5. The molecular formula is C25H41N3O5. The van der Waals surface area contributed by atoms with Crippen LogP contribution in [0, 0.1) is 18.3 Å². The molecule has 186 valence electrons. The monoisotopic (exact) mass is 463 g/mol. The molecule has 2 atom stereocenters. The Kier molecular flexibility index (Phi) is 9.29. The first kappa shape index (κ1) is 27.1. The molecular weight excluding hydrogens is 422 g/mol. The molecule has 2 rings (SSSR count). The fourth-order valence-electron chi connectivity index (χ4n) is 4.38.